The Balaban J connectivity index is 2.14. The maximum absolute atomic E-state index is 5.81. The van der Waals surface area contributed by atoms with Crippen LogP contribution in [0.25, 0.3) is 0 Å². The summed E-state index contributed by atoms with van der Waals surface area (Å²) in [6, 6.07) is 17.0. The SMILES string of the molecule is CO/C(=N\Nc1ccc(Cl)cc1)c1ccccc1. The summed E-state index contributed by atoms with van der Waals surface area (Å²) in [5.41, 5.74) is 4.70. The molecule has 0 unspecified atom stereocenters. The van der Waals surface area contributed by atoms with Crippen LogP contribution in [0.15, 0.2) is 59.7 Å². The fourth-order valence-corrected chi connectivity index (χ4v) is 1.57. The summed E-state index contributed by atoms with van der Waals surface area (Å²) in [5, 5.41) is 4.91. The molecule has 2 aromatic carbocycles. The fraction of sp³-hybridized carbons (Fsp3) is 0.0714. The first-order chi connectivity index (χ1) is 8.79. The summed E-state index contributed by atoms with van der Waals surface area (Å²) in [6.07, 6.45) is 0. The molecule has 2 rings (SSSR count). The number of anilines is 1. The van der Waals surface area contributed by atoms with Crippen molar-refractivity contribution in [1.82, 2.24) is 0 Å². The molecule has 1 N–H and O–H groups in total. The number of benzene rings is 2. The van der Waals surface area contributed by atoms with Crippen molar-refractivity contribution in [2.75, 3.05) is 12.5 Å². The highest BCUT2D eigenvalue weighted by atomic mass is 35.5. The van der Waals surface area contributed by atoms with E-state index in [-0.39, 0.29) is 0 Å². The van der Waals surface area contributed by atoms with Gasteiger partial charge >= 0.3 is 0 Å². The standard InChI is InChI=1S/C14H13ClN2O/c1-18-14(11-5-3-2-4-6-11)17-16-13-9-7-12(15)8-10-13/h2-10,16H,1H3/b17-14-. The van der Waals surface area contributed by atoms with E-state index in [2.05, 4.69) is 10.5 Å². The summed E-state index contributed by atoms with van der Waals surface area (Å²) < 4.78 is 5.24. The molecule has 0 aliphatic carbocycles. The van der Waals surface area contributed by atoms with Gasteiger partial charge in [0.05, 0.1) is 12.8 Å². The maximum atomic E-state index is 5.81. The normalized spacial score (nSPS) is 11.1. The molecule has 0 saturated heterocycles. The van der Waals surface area contributed by atoms with Gasteiger partial charge in [-0.25, -0.2) is 0 Å². The van der Waals surface area contributed by atoms with E-state index in [1.165, 1.54) is 0 Å². The molecule has 0 aliphatic heterocycles. The lowest BCUT2D eigenvalue weighted by Gasteiger charge is -2.06. The number of halogens is 1. The molecule has 0 aliphatic rings. The van der Waals surface area contributed by atoms with E-state index >= 15 is 0 Å². The molecule has 0 spiro atoms. The maximum Gasteiger partial charge on any atom is 0.238 e. The Morgan fingerprint density at radius 3 is 2.33 bits per heavy atom. The van der Waals surface area contributed by atoms with Gasteiger partial charge in [0.15, 0.2) is 0 Å². The number of nitrogens with zero attached hydrogens (tertiary/aromatic N) is 1. The van der Waals surface area contributed by atoms with E-state index in [4.69, 9.17) is 16.3 Å². The number of rotatable bonds is 3. The summed E-state index contributed by atoms with van der Waals surface area (Å²) in [5.74, 6) is 0.533. The molecule has 3 nitrogen and oxygen atoms in total. The van der Waals surface area contributed by atoms with Crippen molar-refractivity contribution in [3.05, 3.63) is 65.2 Å². The summed E-state index contributed by atoms with van der Waals surface area (Å²) in [7, 11) is 1.59. The number of hydrogen-bond acceptors (Lipinski definition) is 3. The Labute approximate surface area is 111 Å². The van der Waals surface area contributed by atoms with Gasteiger partial charge in [0.25, 0.3) is 0 Å². The first-order valence-electron chi connectivity index (χ1n) is 5.48. The minimum Gasteiger partial charge on any atom is -0.480 e. The van der Waals surface area contributed by atoms with E-state index < -0.39 is 0 Å². The molecule has 92 valence electrons. The molecule has 0 bridgehead atoms. The van der Waals surface area contributed by atoms with Crippen LogP contribution in [0.1, 0.15) is 5.56 Å². The molecule has 18 heavy (non-hydrogen) atoms. The fourth-order valence-electron chi connectivity index (χ4n) is 1.45. The second-order valence-corrected chi connectivity index (χ2v) is 4.04. The molecule has 0 atom stereocenters. The highest BCUT2D eigenvalue weighted by molar-refractivity contribution is 6.30. The van der Waals surface area contributed by atoms with E-state index in [0.29, 0.717) is 10.9 Å². The van der Waals surface area contributed by atoms with Gasteiger partial charge in [-0.1, -0.05) is 29.8 Å². The minimum atomic E-state index is 0.533. The second kappa shape index (κ2) is 6.07. The zero-order valence-electron chi connectivity index (χ0n) is 9.93. The molecular weight excluding hydrogens is 248 g/mol. The van der Waals surface area contributed by atoms with Crippen molar-refractivity contribution in [2.45, 2.75) is 0 Å². The van der Waals surface area contributed by atoms with Gasteiger partial charge in [0.1, 0.15) is 0 Å². The van der Waals surface area contributed by atoms with Crippen molar-refractivity contribution < 1.29 is 4.74 Å². The number of ether oxygens (including phenoxy) is 1. The monoisotopic (exact) mass is 260 g/mol. The Morgan fingerprint density at radius 2 is 1.72 bits per heavy atom. The van der Waals surface area contributed by atoms with E-state index in [1.807, 2.05) is 42.5 Å². The molecule has 2 aromatic rings. The summed E-state index contributed by atoms with van der Waals surface area (Å²) in [4.78, 5) is 0. The van der Waals surface area contributed by atoms with Crippen LogP contribution in [0.4, 0.5) is 5.69 Å². The summed E-state index contributed by atoms with van der Waals surface area (Å²) >= 11 is 5.81. The van der Waals surface area contributed by atoms with Gasteiger partial charge in [-0.15, -0.1) is 5.10 Å². The smallest absolute Gasteiger partial charge is 0.238 e. The van der Waals surface area contributed by atoms with Crippen LogP contribution in [0.5, 0.6) is 0 Å². The predicted molar refractivity (Wildman–Crippen MR) is 75.1 cm³/mol. The third-order valence-electron chi connectivity index (χ3n) is 2.34. The van der Waals surface area contributed by atoms with Crippen molar-refractivity contribution >= 4 is 23.2 Å². The van der Waals surface area contributed by atoms with Gasteiger partial charge in [0, 0.05) is 10.6 Å². The van der Waals surface area contributed by atoms with Crippen LogP contribution in [0, 0.1) is 0 Å². The molecule has 4 heteroatoms. The number of methoxy groups -OCH3 is 1. The zero-order chi connectivity index (χ0) is 12.8. The largest absolute Gasteiger partial charge is 0.480 e. The van der Waals surface area contributed by atoms with E-state index in [1.54, 1.807) is 19.2 Å². The van der Waals surface area contributed by atoms with Crippen LogP contribution < -0.4 is 5.43 Å². The quantitative estimate of drug-likeness (QED) is 0.518. The van der Waals surface area contributed by atoms with E-state index in [0.717, 1.165) is 11.3 Å². The lowest BCUT2D eigenvalue weighted by molar-refractivity contribution is 0.404. The lowest BCUT2D eigenvalue weighted by atomic mass is 10.2. The average Bonchev–Trinajstić information content (AvgIpc) is 2.43. The molecule has 0 heterocycles. The van der Waals surface area contributed by atoms with E-state index in [9.17, 15) is 0 Å². The van der Waals surface area contributed by atoms with Crippen LogP contribution in [-0.4, -0.2) is 13.0 Å². The highest BCUT2D eigenvalue weighted by Crippen LogP contribution is 2.13. The zero-order valence-corrected chi connectivity index (χ0v) is 10.7. The third kappa shape index (κ3) is 3.25. The summed E-state index contributed by atoms with van der Waals surface area (Å²) in [6.45, 7) is 0. The number of nitrogens with one attached hydrogen (secondary N) is 1. The van der Waals surface area contributed by atoms with Crippen LogP contribution in [-0.2, 0) is 4.74 Å². The Morgan fingerprint density at radius 1 is 1.06 bits per heavy atom. The third-order valence-corrected chi connectivity index (χ3v) is 2.60. The number of hydrazone groups is 1. The van der Waals surface area contributed by atoms with Gasteiger partial charge < -0.3 is 4.74 Å². The molecular formula is C14H13ClN2O. The Hall–Kier alpha value is -2.00. The second-order valence-electron chi connectivity index (χ2n) is 3.61. The van der Waals surface area contributed by atoms with Crippen LogP contribution in [0.2, 0.25) is 5.02 Å². The first-order valence-corrected chi connectivity index (χ1v) is 5.86. The van der Waals surface area contributed by atoms with Crippen LogP contribution >= 0.6 is 11.6 Å². The number of hydrogen-bond donors (Lipinski definition) is 1. The minimum absolute atomic E-state index is 0.533. The molecule has 0 radical (unpaired) electrons. The lowest BCUT2D eigenvalue weighted by Crippen LogP contribution is -2.06. The molecule has 0 amide bonds. The van der Waals surface area contributed by atoms with Crippen molar-refractivity contribution in [1.29, 1.82) is 0 Å². The molecule has 0 aromatic heterocycles. The topological polar surface area (TPSA) is 33.6 Å². The predicted octanol–water partition coefficient (Wildman–Crippen LogP) is 3.76. The van der Waals surface area contributed by atoms with Crippen molar-refractivity contribution in [3.63, 3.8) is 0 Å². The molecule has 0 saturated carbocycles. The van der Waals surface area contributed by atoms with Gasteiger partial charge in [-0.2, -0.15) is 0 Å². The molecule has 0 fully saturated rings. The van der Waals surface area contributed by atoms with Gasteiger partial charge in [-0.05, 0) is 36.4 Å². The van der Waals surface area contributed by atoms with Crippen molar-refractivity contribution in [3.8, 4) is 0 Å². The van der Waals surface area contributed by atoms with Crippen molar-refractivity contribution in [2.24, 2.45) is 5.10 Å². The van der Waals surface area contributed by atoms with Gasteiger partial charge in [0.2, 0.25) is 5.90 Å². The average molecular weight is 261 g/mol. The Kier molecular flexibility index (Phi) is 4.20. The Bertz CT molecular complexity index is 523. The van der Waals surface area contributed by atoms with Crippen LogP contribution in [0.3, 0.4) is 0 Å². The highest BCUT2D eigenvalue weighted by Gasteiger charge is 2.01. The first kappa shape index (κ1) is 12.5. The van der Waals surface area contributed by atoms with Gasteiger partial charge in [-0.3, -0.25) is 5.43 Å².